The second-order valence-corrected chi connectivity index (χ2v) is 9.19. The molecule has 0 aliphatic heterocycles. The molecule has 0 unspecified atom stereocenters. The fourth-order valence-corrected chi connectivity index (χ4v) is 4.59. The average Bonchev–Trinajstić information content (AvgIpc) is 3.22. The van der Waals surface area contributed by atoms with Gasteiger partial charge in [0.1, 0.15) is 17.4 Å². The number of unbranched alkanes of at least 4 members (excludes halogenated alkanes) is 1. The first kappa shape index (κ1) is 26.4. The third kappa shape index (κ3) is 7.41. The van der Waals surface area contributed by atoms with E-state index in [4.69, 9.17) is 26.5 Å². The molecule has 0 amide bonds. The lowest BCUT2D eigenvalue weighted by atomic mass is 10.1. The summed E-state index contributed by atoms with van der Waals surface area (Å²) in [6.45, 7) is 3.35. The van der Waals surface area contributed by atoms with Crippen LogP contribution in [-0.2, 0) is 25.6 Å². The van der Waals surface area contributed by atoms with Crippen LogP contribution in [0.25, 0.3) is 10.6 Å². The number of rotatable bonds is 12. The fraction of sp³-hybridized carbons (Fsp3) is 0.375. The first-order valence-electron chi connectivity index (χ1n) is 11.0. The van der Waals surface area contributed by atoms with Crippen molar-refractivity contribution in [2.24, 2.45) is 0 Å². The van der Waals surface area contributed by atoms with Crippen LogP contribution < -0.4 is 15.5 Å². The predicted molar refractivity (Wildman–Crippen MR) is 128 cm³/mol. The monoisotopic (exact) mass is 513 g/mol. The van der Waals surface area contributed by atoms with Gasteiger partial charge in [0.05, 0.1) is 22.8 Å². The number of ether oxygens (including phenoxy) is 1. The third-order valence-electron chi connectivity index (χ3n) is 5.17. The first-order chi connectivity index (χ1) is 16.3. The van der Waals surface area contributed by atoms with Crippen molar-refractivity contribution in [3.63, 3.8) is 0 Å². The second-order valence-electron chi connectivity index (χ2n) is 7.69. The Morgan fingerprint density at radius 3 is 2.53 bits per heavy atom. The Hall–Kier alpha value is -2.17. The van der Waals surface area contributed by atoms with Crippen LogP contribution >= 0.6 is 22.9 Å². The minimum atomic E-state index is -4.36. The smallest absolute Gasteiger partial charge is 0.416 e. The molecule has 1 heterocycles. The molecular formula is C24H27ClF3N3O2S. The van der Waals surface area contributed by atoms with Crippen LogP contribution in [0.2, 0.25) is 5.02 Å². The molecule has 0 bridgehead atoms. The van der Waals surface area contributed by atoms with E-state index in [0.29, 0.717) is 47.6 Å². The number of benzene rings is 2. The molecule has 5 nitrogen and oxygen atoms in total. The normalized spacial score (nSPS) is 11.7. The molecule has 0 atom stereocenters. The summed E-state index contributed by atoms with van der Waals surface area (Å²) in [7, 11) is 0. The van der Waals surface area contributed by atoms with E-state index in [-0.39, 0.29) is 0 Å². The molecule has 0 radical (unpaired) electrons. The number of nitrogens with one attached hydrogen (secondary N) is 2. The molecule has 184 valence electrons. The molecule has 3 N–H and O–H groups in total. The molecule has 0 aliphatic rings. The van der Waals surface area contributed by atoms with Gasteiger partial charge in [-0.1, -0.05) is 43.1 Å². The summed E-state index contributed by atoms with van der Waals surface area (Å²) in [5.41, 5.74) is 3.88. The highest BCUT2D eigenvalue weighted by atomic mass is 35.5. The highest BCUT2D eigenvalue weighted by Crippen LogP contribution is 2.34. The van der Waals surface area contributed by atoms with Gasteiger partial charge in [-0.2, -0.15) is 18.7 Å². The van der Waals surface area contributed by atoms with Gasteiger partial charge < -0.3 is 15.3 Å². The zero-order valence-corrected chi connectivity index (χ0v) is 20.3. The second kappa shape index (κ2) is 12.5. The van der Waals surface area contributed by atoms with Crippen LogP contribution in [0.5, 0.6) is 5.75 Å². The fourth-order valence-electron chi connectivity index (χ4n) is 3.30. The maximum absolute atomic E-state index is 12.9. The van der Waals surface area contributed by atoms with Crippen LogP contribution in [0.3, 0.4) is 0 Å². The number of aromatic nitrogens is 1. The van der Waals surface area contributed by atoms with Crippen LogP contribution in [0.1, 0.15) is 41.5 Å². The van der Waals surface area contributed by atoms with E-state index in [9.17, 15) is 13.2 Å². The van der Waals surface area contributed by atoms with Crippen LogP contribution in [0.4, 0.5) is 13.2 Å². The lowest BCUT2D eigenvalue weighted by Crippen LogP contribution is -2.28. The number of nitrogens with zero attached hydrogens (tertiary/aromatic N) is 1. The summed E-state index contributed by atoms with van der Waals surface area (Å²) in [6.07, 6.45) is -0.914. The van der Waals surface area contributed by atoms with Gasteiger partial charge in [-0.3, -0.25) is 0 Å². The Balaban J connectivity index is 1.71. The number of hydroxylamine groups is 1. The highest BCUT2D eigenvalue weighted by molar-refractivity contribution is 7.15. The van der Waals surface area contributed by atoms with Crippen LogP contribution in [-0.4, -0.2) is 23.4 Å². The Labute approximate surface area is 205 Å². The molecule has 2 aromatic carbocycles. The SMILES string of the molecule is CCCCc1nc(-c2ccc(C(F)(F)F)cc2)sc1COc1ccc(CCNCNO)c(Cl)c1. The van der Waals surface area contributed by atoms with Crippen molar-refractivity contribution in [1.82, 2.24) is 15.8 Å². The van der Waals surface area contributed by atoms with Gasteiger partial charge in [0.15, 0.2) is 0 Å². The summed E-state index contributed by atoms with van der Waals surface area (Å²) in [6, 6.07) is 10.6. The van der Waals surface area contributed by atoms with E-state index in [1.54, 1.807) is 6.07 Å². The Morgan fingerprint density at radius 2 is 1.88 bits per heavy atom. The lowest BCUT2D eigenvalue weighted by Gasteiger charge is -2.10. The summed E-state index contributed by atoms with van der Waals surface area (Å²) < 4.78 is 44.6. The average molecular weight is 514 g/mol. The van der Waals surface area contributed by atoms with Gasteiger partial charge >= 0.3 is 6.18 Å². The van der Waals surface area contributed by atoms with Crippen molar-refractivity contribution < 1.29 is 23.1 Å². The van der Waals surface area contributed by atoms with Crippen molar-refractivity contribution in [3.8, 4) is 16.3 Å². The van der Waals surface area contributed by atoms with E-state index < -0.39 is 11.7 Å². The van der Waals surface area contributed by atoms with Gasteiger partial charge in [-0.25, -0.2) is 4.98 Å². The first-order valence-corrected chi connectivity index (χ1v) is 12.2. The van der Waals surface area contributed by atoms with Crippen molar-refractivity contribution in [2.75, 3.05) is 13.2 Å². The molecule has 0 fully saturated rings. The number of hydrogen-bond acceptors (Lipinski definition) is 6. The molecule has 34 heavy (non-hydrogen) atoms. The van der Waals surface area contributed by atoms with E-state index in [0.717, 1.165) is 47.5 Å². The molecule has 1 aromatic heterocycles. The lowest BCUT2D eigenvalue weighted by molar-refractivity contribution is -0.137. The van der Waals surface area contributed by atoms with E-state index in [1.165, 1.54) is 23.5 Å². The maximum Gasteiger partial charge on any atom is 0.416 e. The van der Waals surface area contributed by atoms with Crippen LogP contribution in [0, 0.1) is 0 Å². The van der Waals surface area contributed by atoms with Gasteiger partial charge in [0.25, 0.3) is 0 Å². The minimum Gasteiger partial charge on any atom is -0.488 e. The van der Waals surface area contributed by atoms with Gasteiger partial charge in [-0.15, -0.1) is 11.3 Å². The molecular weight excluding hydrogens is 487 g/mol. The summed E-state index contributed by atoms with van der Waals surface area (Å²) in [5, 5.41) is 12.9. The number of halogens is 4. The highest BCUT2D eigenvalue weighted by Gasteiger charge is 2.30. The number of alkyl halides is 3. The number of thiazole rings is 1. The molecule has 10 heteroatoms. The van der Waals surface area contributed by atoms with Gasteiger partial charge in [-0.05, 0) is 49.1 Å². The van der Waals surface area contributed by atoms with Gasteiger partial charge in [0.2, 0.25) is 0 Å². The molecule has 3 rings (SSSR count). The summed E-state index contributed by atoms with van der Waals surface area (Å²) in [5.74, 6) is 0.629. The van der Waals surface area contributed by atoms with E-state index in [1.807, 2.05) is 17.6 Å². The zero-order valence-electron chi connectivity index (χ0n) is 18.7. The quantitative estimate of drug-likeness (QED) is 0.147. The standard InChI is InChI=1S/C24H27ClF3N3O2S/c1-2-3-4-21-22(34-23(31-21)17-5-8-18(9-6-17)24(26,27)28)14-33-19-10-7-16(20(25)13-19)11-12-29-15-30-32/h5-10,13,29-30,32H,2-4,11-12,14-15H2,1H3. The predicted octanol–water partition coefficient (Wildman–Crippen LogP) is 6.47. The molecule has 0 saturated heterocycles. The Morgan fingerprint density at radius 1 is 1.12 bits per heavy atom. The van der Waals surface area contributed by atoms with Crippen molar-refractivity contribution >= 4 is 22.9 Å². The molecule has 0 spiro atoms. The summed E-state index contributed by atoms with van der Waals surface area (Å²) >= 11 is 7.82. The van der Waals surface area contributed by atoms with Crippen molar-refractivity contribution in [1.29, 1.82) is 0 Å². The zero-order chi connectivity index (χ0) is 24.6. The Kier molecular flexibility index (Phi) is 9.73. The van der Waals surface area contributed by atoms with Crippen molar-refractivity contribution in [3.05, 3.63) is 69.2 Å². The molecule has 3 aromatic rings. The van der Waals surface area contributed by atoms with Gasteiger partial charge in [0, 0.05) is 17.1 Å². The summed E-state index contributed by atoms with van der Waals surface area (Å²) in [4.78, 5) is 5.65. The maximum atomic E-state index is 12.9. The van der Waals surface area contributed by atoms with Crippen LogP contribution in [0.15, 0.2) is 42.5 Å². The topological polar surface area (TPSA) is 66.4 Å². The van der Waals surface area contributed by atoms with Crippen molar-refractivity contribution in [2.45, 2.75) is 45.4 Å². The van der Waals surface area contributed by atoms with E-state index >= 15 is 0 Å². The minimum absolute atomic E-state index is 0.294. The van der Waals surface area contributed by atoms with E-state index in [2.05, 4.69) is 12.2 Å². The number of hydrogen-bond donors (Lipinski definition) is 3. The number of aryl methyl sites for hydroxylation is 1. The molecule has 0 aliphatic carbocycles. The molecule has 0 saturated carbocycles. The largest absolute Gasteiger partial charge is 0.488 e. The Bertz CT molecular complexity index is 1060. The third-order valence-corrected chi connectivity index (χ3v) is 6.65.